The van der Waals surface area contributed by atoms with Crippen LogP contribution in [0.5, 0.6) is 0 Å². The summed E-state index contributed by atoms with van der Waals surface area (Å²) < 4.78 is 9.84. The molecule has 6 heteroatoms. The first-order valence-electron chi connectivity index (χ1n) is 6.87. The predicted octanol–water partition coefficient (Wildman–Crippen LogP) is 2.20. The molecule has 0 saturated carbocycles. The van der Waals surface area contributed by atoms with Crippen LogP contribution in [-0.4, -0.2) is 36.1 Å². The summed E-state index contributed by atoms with van der Waals surface area (Å²) in [5.74, 6) is -0.612. The van der Waals surface area contributed by atoms with Crippen LogP contribution in [0, 0.1) is 0 Å². The zero-order valence-corrected chi connectivity index (χ0v) is 12.9. The maximum Gasteiger partial charge on any atom is 0.408 e. The molecule has 0 aliphatic carbocycles. The minimum absolute atomic E-state index is 0.0270. The molecule has 1 unspecified atom stereocenters. The number of carbonyl (C=O) groups excluding carboxylic acids is 3. The van der Waals surface area contributed by atoms with Gasteiger partial charge >= 0.3 is 12.1 Å². The fourth-order valence-electron chi connectivity index (χ4n) is 1.49. The van der Waals surface area contributed by atoms with Crippen molar-refractivity contribution in [1.29, 1.82) is 0 Å². The molecule has 0 aliphatic heterocycles. The number of esters is 1. The van der Waals surface area contributed by atoms with Gasteiger partial charge in [0.05, 0.1) is 19.1 Å². The van der Waals surface area contributed by atoms with E-state index in [-0.39, 0.29) is 18.6 Å². The number of hydrogen-bond donors (Lipinski definition) is 1. The number of ether oxygens (including phenoxy) is 2. The summed E-state index contributed by atoms with van der Waals surface area (Å²) in [6.07, 6.45) is -0.110. The average molecular weight is 287 g/mol. The van der Waals surface area contributed by atoms with E-state index in [2.05, 4.69) is 5.32 Å². The maximum absolute atomic E-state index is 11.9. The van der Waals surface area contributed by atoms with Crippen molar-refractivity contribution in [2.45, 2.75) is 65.5 Å². The highest BCUT2D eigenvalue weighted by Crippen LogP contribution is 2.08. The van der Waals surface area contributed by atoms with Crippen molar-refractivity contribution in [3.8, 4) is 0 Å². The Morgan fingerprint density at radius 2 is 1.70 bits per heavy atom. The molecule has 0 aromatic rings. The molecule has 0 heterocycles. The standard InChI is InChI=1S/C14H25NO5/c1-6-10(15-13(18)20-14(3,4)5)11(16)8-9-12(17)19-7-2/h10H,6-9H2,1-5H3,(H,15,18). The fourth-order valence-corrected chi connectivity index (χ4v) is 1.49. The van der Waals surface area contributed by atoms with Gasteiger partial charge in [-0.1, -0.05) is 6.92 Å². The number of carbonyl (C=O) groups is 3. The molecule has 0 aromatic carbocycles. The van der Waals surface area contributed by atoms with Crippen LogP contribution in [0.2, 0.25) is 0 Å². The summed E-state index contributed by atoms with van der Waals surface area (Å²) in [7, 11) is 0. The van der Waals surface area contributed by atoms with Crippen LogP contribution in [0.25, 0.3) is 0 Å². The number of nitrogens with one attached hydrogen (secondary N) is 1. The molecular weight excluding hydrogens is 262 g/mol. The second-order valence-corrected chi connectivity index (χ2v) is 5.38. The van der Waals surface area contributed by atoms with E-state index in [1.54, 1.807) is 34.6 Å². The van der Waals surface area contributed by atoms with Gasteiger partial charge in [-0.3, -0.25) is 9.59 Å². The van der Waals surface area contributed by atoms with Gasteiger partial charge in [0.2, 0.25) is 0 Å². The largest absolute Gasteiger partial charge is 0.466 e. The Bertz CT molecular complexity index is 346. The normalized spacial score (nSPS) is 12.4. The minimum atomic E-state index is -0.640. The summed E-state index contributed by atoms with van der Waals surface area (Å²) in [5, 5.41) is 2.52. The quantitative estimate of drug-likeness (QED) is 0.726. The molecule has 20 heavy (non-hydrogen) atoms. The van der Waals surface area contributed by atoms with Crippen molar-refractivity contribution >= 4 is 17.8 Å². The zero-order chi connectivity index (χ0) is 15.8. The van der Waals surface area contributed by atoms with Crippen LogP contribution in [0.1, 0.15) is 53.9 Å². The second kappa shape index (κ2) is 8.55. The van der Waals surface area contributed by atoms with Gasteiger partial charge in [-0.2, -0.15) is 0 Å². The Morgan fingerprint density at radius 3 is 2.15 bits per heavy atom. The third-order valence-corrected chi connectivity index (χ3v) is 2.37. The Hall–Kier alpha value is -1.59. The highest BCUT2D eigenvalue weighted by atomic mass is 16.6. The molecule has 0 aromatic heterocycles. The second-order valence-electron chi connectivity index (χ2n) is 5.38. The van der Waals surface area contributed by atoms with Gasteiger partial charge in [-0.25, -0.2) is 4.79 Å². The van der Waals surface area contributed by atoms with Gasteiger partial charge in [0, 0.05) is 6.42 Å². The lowest BCUT2D eigenvalue weighted by Gasteiger charge is -2.22. The van der Waals surface area contributed by atoms with Crippen molar-refractivity contribution in [3.05, 3.63) is 0 Å². The monoisotopic (exact) mass is 287 g/mol. The molecule has 0 fully saturated rings. The maximum atomic E-state index is 11.9. The number of rotatable bonds is 7. The van der Waals surface area contributed by atoms with Gasteiger partial charge in [0.25, 0.3) is 0 Å². The van der Waals surface area contributed by atoms with Crippen molar-refractivity contribution in [1.82, 2.24) is 5.32 Å². The van der Waals surface area contributed by atoms with Crippen LogP contribution < -0.4 is 5.32 Å². The number of alkyl carbamates (subject to hydrolysis) is 1. The molecule has 1 atom stereocenters. The first-order valence-corrected chi connectivity index (χ1v) is 6.87. The van der Waals surface area contributed by atoms with Crippen molar-refractivity contribution in [2.75, 3.05) is 6.61 Å². The van der Waals surface area contributed by atoms with E-state index >= 15 is 0 Å². The highest BCUT2D eigenvalue weighted by Gasteiger charge is 2.23. The zero-order valence-electron chi connectivity index (χ0n) is 12.9. The third kappa shape index (κ3) is 8.50. The summed E-state index contributed by atoms with van der Waals surface area (Å²) in [4.78, 5) is 34.7. The number of ketones is 1. The lowest BCUT2D eigenvalue weighted by molar-refractivity contribution is -0.144. The molecule has 0 radical (unpaired) electrons. The number of amides is 1. The Morgan fingerprint density at radius 1 is 1.10 bits per heavy atom. The van der Waals surface area contributed by atoms with E-state index in [0.29, 0.717) is 13.0 Å². The Balaban J connectivity index is 4.28. The van der Waals surface area contributed by atoms with Crippen LogP contribution in [0.3, 0.4) is 0 Å². The number of hydrogen-bond acceptors (Lipinski definition) is 5. The van der Waals surface area contributed by atoms with Gasteiger partial charge in [0.15, 0.2) is 5.78 Å². The van der Waals surface area contributed by atoms with Crippen molar-refractivity contribution < 1.29 is 23.9 Å². The molecule has 0 saturated heterocycles. The van der Waals surface area contributed by atoms with Crippen LogP contribution in [0.4, 0.5) is 4.79 Å². The fraction of sp³-hybridized carbons (Fsp3) is 0.786. The lowest BCUT2D eigenvalue weighted by Crippen LogP contribution is -2.43. The molecule has 116 valence electrons. The highest BCUT2D eigenvalue weighted by molar-refractivity contribution is 5.89. The van der Waals surface area contributed by atoms with E-state index in [1.807, 2.05) is 0 Å². The van der Waals surface area contributed by atoms with Crippen LogP contribution >= 0.6 is 0 Å². The Labute approximate surface area is 120 Å². The van der Waals surface area contributed by atoms with Crippen molar-refractivity contribution in [2.24, 2.45) is 0 Å². The molecule has 0 spiro atoms. The summed E-state index contributed by atoms with van der Waals surface area (Å²) in [6.45, 7) is 9.02. The van der Waals surface area contributed by atoms with Gasteiger partial charge in [0.1, 0.15) is 5.60 Å². The van der Waals surface area contributed by atoms with E-state index in [9.17, 15) is 14.4 Å². The van der Waals surface area contributed by atoms with E-state index in [0.717, 1.165) is 0 Å². The van der Waals surface area contributed by atoms with Gasteiger partial charge in [-0.15, -0.1) is 0 Å². The topological polar surface area (TPSA) is 81.7 Å². The third-order valence-electron chi connectivity index (χ3n) is 2.37. The van der Waals surface area contributed by atoms with Gasteiger partial charge < -0.3 is 14.8 Å². The van der Waals surface area contributed by atoms with Crippen LogP contribution in [0.15, 0.2) is 0 Å². The summed E-state index contributed by atoms with van der Waals surface area (Å²) in [5.41, 5.74) is -0.615. The molecule has 0 aliphatic rings. The lowest BCUT2D eigenvalue weighted by atomic mass is 10.1. The van der Waals surface area contributed by atoms with Gasteiger partial charge in [-0.05, 0) is 34.1 Å². The first-order chi connectivity index (χ1) is 9.19. The molecule has 0 rings (SSSR count). The summed E-state index contributed by atoms with van der Waals surface area (Å²) >= 11 is 0. The summed E-state index contributed by atoms with van der Waals surface area (Å²) in [6, 6.07) is -0.640. The van der Waals surface area contributed by atoms with Crippen LogP contribution in [-0.2, 0) is 19.1 Å². The molecule has 1 N–H and O–H groups in total. The van der Waals surface area contributed by atoms with E-state index in [4.69, 9.17) is 9.47 Å². The van der Waals surface area contributed by atoms with E-state index in [1.165, 1.54) is 0 Å². The molecule has 1 amide bonds. The Kier molecular flexibility index (Phi) is 7.87. The molecule has 0 bridgehead atoms. The predicted molar refractivity (Wildman–Crippen MR) is 74.3 cm³/mol. The molecule has 6 nitrogen and oxygen atoms in total. The van der Waals surface area contributed by atoms with E-state index < -0.39 is 23.7 Å². The van der Waals surface area contributed by atoms with Crippen molar-refractivity contribution in [3.63, 3.8) is 0 Å². The SMILES string of the molecule is CCOC(=O)CCC(=O)C(CC)NC(=O)OC(C)(C)C. The minimum Gasteiger partial charge on any atom is -0.466 e. The average Bonchev–Trinajstić information content (AvgIpc) is 2.31. The first kappa shape index (κ1) is 18.4. The smallest absolute Gasteiger partial charge is 0.408 e. The molecular formula is C14H25NO5. The number of Topliss-reactive ketones (excluding diaryl/α,β-unsaturated/α-hetero) is 1.